The van der Waals surface area contributed by atoms with Crippen LogP contribution in [0.15, 0.2) is 63.5 Å². The van der Waals surface area contributed by atoms with E-state index in [4.69, 9.17) is 20.8 Å². The fourth-order valence-corrected chi connectivity index (χ4v) is 3.04. The molecule has 0 spiro atoms. The number of rotatable bonds is 5. The number of carbonyl (C=O) groups is 1. The fraction of sp³-hybridized carbons (Fsp3) is 0.0909. The summed E-state index contributed by atoms with van der Waals surface area (Å²) in [5.74, 6) is 0.603. The Bertz CT molecular complexity index is 1080. The molecular weight excluding hydrogens is 442 g/mol. The zero-order valence-electron chi connectivity index (χ0n) is 14.9. The molecule has 0 amide bonds. The first-order valence-corrected chi connectivity index (χ1v) is 9.63. The number of halogens is 2. The molecule has 0 aliphatic carbocycles. The highest BCUT2D eigenvalue weighted by molar-refractivity contribution is 9.10. The molecule has 4 nitrogen and oxygen atoms in total. The summed E-state index contributed by atoms with van der Waals surface area (Å²) in [6, 6.07) is 18.2. The lowest BCUT2D eigenvalue weighted by atomic mass is 10.1. The smallest absolute Gasteiger partial charge is 0.339 e. The summed E-state index contributed by atoms with van der Waals surface area (Å²) >= 11 is 9.49. The van der Waals surface area contributed by atoms with E-state index in [-0.39, 0.29) is 12.2 Å². The average Bonchev–Trinajstić information content (AvgIpc) is 3.16. The molecule has 0 radical (unpaired) electrons. The van der Waals surface area contributed by atoms with E-state index in [0.29, 0.717) is 27.7 Å². The van der Waals surface area contributed by atoms with Gasteiger partial charge in [-0.3, -0.25) is 0 Å². The Balaban J connectivity index is 1.92. The Morgan fingerprint density at radius 1 is 1.21 bits per heavy atom. The summed E-state index contributed by atoms with van der Waals surface area (Å²) in [5.41, 5.74) is 2.24. The van der Waals surface area contributed by atoms with E-state index in [2.05, 4.69) is 22.0 Å². The standard InChI is InChI=1S/C22H15BrClNO3/c1-2-27-22(26)19-12-15(5-9-20(19)24)21-10-8-18(28-21)11-16(13-25)14-3-6-17(23)7-4-14/h3-12H,2H2,1H3/b16-11-. The molecule has 6 heteroatoms. The molecular formula is C22H15BrClNO3. The van der Waals surface area contributed by atoms with Crippen LogP contribution in [0.1, 0.15) is 28.6 Å². The van der Waals surface area contributed by atoms with Gasteiger partial charge in [0.15, 0.2) is 0 Å². The third-order valence-corrected chi connectivity index (χ3v) is 4.79. The first-order chi connectivity index (χ1) is 13.5. The molecule has 3 rings (SSSR count). The molecule has 1 aromatic heterocycles. The number of nitrogens with zero attached hydrogens (tertiary/aromatic N) is 1. The summed E-state index contributed by atoms with van der Waals surface area (Å²) in [5, 5.41) is 9.79. The van der Waals surface area contributed by atoms with E-state index in [1.54, 1.807) is 43.3 Å². The SMILES string of the molecule is CCOC(=O)c1cc(-c2ccc(/C=C(/C#N)c3ccc(Br)cc3)o2)ccc1Cl. The molecule has 0 bridgehead atoms. The van der Waals surface area contributed by atoms with Crippen LogP contribution < -0.4 is 0 Å². The first kappa shape index (κ1) is 19.9. The highest BCUT2D eigenvalue weighted by Gasteiger charge is 2.14. The monoisotopic (exact) mass is 455 g/mol. The number of hydrogen-bond acceptors (Lipinski definition) is 4. The normalized spacial score (nSPS) is 11.1. The predicted octanol–water partition coefficient (Wildman–Crippen LogP) is 6.60. The van der Waals surface area contributed by atoms with Crippen molar-refractivity contribution in [1.29, 1.82) is 5.26 Å². The molecule has 0 unspecified atom stereocenters. The summed E-state index contributed by atoms with van der Waals surface area (Å²) < 4.78 is 11.8. The summed E-state index contributed by atoms with van der Waals surface area (Å²) in [6.07, 6.45) is 1.68. The maximum absolute atomic E-state index is 12.0. The molecule has 3 aromatic rings. The molecule has 0 fully saturated rings. The third-order valence-electron chi connectivity index (χ3n) is 3.94. The summed E-state index contributed by atoms with van der Waals surface area (Å²) in [6.45, 7) is 2.00. The lowest BCUT2D eigenvalue weighted by Crippen LogP contribution is -2.05. The van der Waals surface area contributed by atoms with Crippen molar-refractivity contribution in [2.24, 2.45) is 0 Å². The van der Waals surface area contributed by atoms with Gasteiger partial charge in [0.25, 0.3) is 0 Å². The second-order valence-electron chi connectivity index (χ2n) is 5.79. The fourth-order valence-electron chi connectivity index (χ4n) is 2.58. The van der Waals surface area contributed by atoms with E-state index in [0.717, 1.165) is 10.0 Å². The van der Waals surface area contributed by atoms with Crippen LogP contribution in [-0.4, -0.2) is 12.6 Å². The van der Waals surface area contributed by atoms with Crippen LogP contribution in [0.2, 0.25) is 5.02 Å². The highest BCUT2D eigenvalue weighted by Crippen LogP contribution is 2.29. The van der Waals surface area contributed by atoms with Gasteiger partial charge in [0, 0.05) is 10.0 Å². The van der Waals surface area contributed by atoms with Gasteiger partial charge in [-0.1, -0.05) is 39.7 Å². The van der Waals surface area contributed by atoms with Gasteiger partial charge in [-0.2, -0.15) is 5.26 Å². The van der Waals surface area contributed by atoms with Crippen molar-refractivity contribution in [1.82, 2.24) is 0 Å². The van der Waals surface area contributed by atoms with E-state index in [9.17, 15) is 10.1 Å². The number of ether oxygens (including phenoxy) is 1. The first-order valence-electron chi connectivity index (χ1n) is 8.46. The number of hydrogen-bond donors (Lipinski definition) is 0. The molecule has 1 heterocycles. The zero-order chi connectivity index (χ0) is 20.1. The second-order valence-corrected chi connectivity index (χ2v) is 7.12. The topological polar surface area (TPSA) is 63.2 Å². The molecule has 0 aliphatic heterocycles. The molecule has 0 N–H and O–H groups in total. The zero-order valence-corrected chi connectivity index (χ0v) is 17.3. The van der Waals surface area contributed by atoms with Crippen molar-refractivity contribution >= 4 is 45.1 Å². The van der Waals surface area contributed by atoms with Gasteiger partial charge in [0.1, 0.15) is 11.5 Å². The van der Waals surface area contributed by atoms with Gasteiger partial charge in [0.05, 0.1) is 28.8 Å². The van der Waals surface area contributed by atoms with Crippen LogP contribution in [0.5, 0.6) is 0 Å². The van der Waals surface area contributed by atoms with Crippen LogP contribution in [0.25, 0.3) is 23.0 Å². The molecule has 0 saturated heterocycles. The molecule has 140 valence electrons. The van der Waals surface area contributed by atoms with Crippen molar-refractivity contribution in [3.8, 4) is 17.4 Å². The minimum atomic E-state index is -0.483. The maximum atomic E-state index is 12.0. The summed E-state index contributed by atoms with van der Waals surface area (Å²) in [7, 11) is 0. The number of nitriles is 1. The minimum Gasteiger partial charge on any atom is -0.462 e. The van der Waals surface area contributed by atoms with Crippen molar-refractivity contribution in [3.63, 3.8) is 0 Å². The molecule has 28 heavy (non-hydrogen) atoms. The Kier molecular flexibility index (Phi) is 6.35. The largest absolute Gasteiger partial charge is 0.462 e. The van der Waals surface area contributed by atoms with Gasteiger partial charge in [0.2, 0.25) is 0 Å². The van der Waals surface area contributed by atoms with Crippen LogP contribution in [0, 0.1) is 11.3 Å². The number of benzene rings is 2. The molecule has 0 saturated carbocycles. The van der Waals surface area contributed by atoms with E-state index < -0.39 is 5.97 Å². The molecule has 2 aromatic carbocycles. The third kappa shape index (κ3) is 4.53. The van der Waals surface area contributed by atoms with Gasteiger partial charge in [-0.25, -0.2) is 4.79 Å². The van der Waals surface area contributed by atoms with E-state index in [1.165, 1.54) is 0 Å². The highest BCUT2D eigenvalue weighted by atomic mass is 79.9. The Hall–Kier alpha value is -2.81. The Morgan fingerprint density at radius 2 is 1.96 bits per heavy atom. The van der Waals surface area contributed by atoms with Gasteiger partial charge in [-0.15, -0.1) is 0 Å². The number of esters is 1. The second kappa shape index (κ2) is 8.92. The van der Waals surface area contributed by atoms with Crippen molar-refractivity contribution < 1.29 is 13.9 Å². The number of furan rings is 1. The van der Waals surface area contributed by atoms with Crippen molar-refractivity contribution in [2.45, 2.75) is 6.92 Å². The lowest BCUT2D eigenvalue weighted by Gasteiger charge is -2.06. The Labute approximate surface area is 176 Å². The van der Waals surface area contributed by atoms with Crippen molar-refractivity contribution in [2.75, 3.05) is 6.61 Å². The molecule has 0 atom stereocenters. The van der Waals surface area contributed by atoms with E-state index in [1.807, 2.05) is 24.3 Å². The Morgan fingerprint density at radius 3 is 2.64 bits per heavy atom. The van der Waals surface area contributed by atoms with E-state index >= 15 is 0 Å². The molecule has 0 aliphatic rings. The quantitative estimate of drug-likeness (QED) is 0.320. The van der Waals surface area contributed by atoms with Crippen molar-refractivity contribution in [3.05, 3.63) is 81.0 Å². The maximum Gasteiger partial charge on any atom is 0.339 e. The number of carbonyl (C=O) groups excluding carboxylic acids is 1. The summed E-state index contributed by atoms with van der Waals surface area (Å²) in [4.78, 5) is 12.0. The van der Waals surface area contributed by atoms with Crippen LogP contribution in [0.3, 0.4) is 0 Å². The van der Waals surface area contributed by atoms with Gasteiger partial charge in [-0.05, 0) is 61.0 Å². The van der Waals surface area contributed by atoms with Gasteiger partial charge < -0.3 is 9.15 Å². The van der Waals surface area contributed by atoms with Crippen LogP contribution in [-0.2, 0) is 4.74 Å². The average molecular weight is 457 g/mol. The van der Waals surface area contributed by atoms with Crippen LogP contribution >= 0.6 is 27.5 Å². The predicted molar refractivity (Wildman–Crippen MR) is 113 cm³/mol. The number of allylic oxidation sites excluding steroid dienone is 1. The lowest BCUT2D eigenvalue weighted by molar-refractivity contribution is 0.0526. The van der Waals surface area contributed by atoms with Crippen LogP contribution in [0.4, 0.5) is 0 Å². The van der Waals surface area contributed by atoms with Gasteiger partial charge >= 0.3 is 5.97 Å². The minimum absolute atomic E-state index is 0.266.